The molecule has 0 aromatic carbocycles. The Morgan fingerprint density at radius 1 is 1.24 bits per heavy atom. The number of rotatable bonds is 8. The van der Waals surface area contributed by atoms with Crippen LogP contribution in [0.3, 0.4) is 0 Å². The molecule has 17 heavy (non-hydrogen) atoms. The number of amidine groups is 1. The molecule has 0 rings (SSSR count). The molecule has 0 unspecified atom stereocenters. The lowest BCUT2D eigenvalue weighted by molar-refractivity contribution is 0.448. The Hall–Kier alpha value is -0.670. The molecule has 0 aliphatic carbocycles. The molecule has 0 spiro atoms. The molecule has 102 valence electrons. The van der Waals surface area contributed by atoms with E-state index >= 15 is 0 Å². The van der Waals surface area contributed by atoms with E-state index in [0.29, 0.717) is 6.42 Å². The van der Waals surface area contributed by atoms with Crippen LogP contribution in [0.25, 0.3) is 0 Å². The fourth-order valence-corrected chi connectivity index (χ4v) is 4.25. The zero-order valence-corrected chi connectivity index (χ0v) is 11.6. The minimum absolute atomic E-state index is 0.195. The summed E-state index contributed by atoms with van der Waals surface area (Å²) in [5.41, 5.74) is 5.16. The molecular weight excluding hydrogens is 266 g/mol. The van der Waals surface area contributed by atoms with Crippen molar-refractivity contribution in [3.05, 3.63) is 0 Å². The Bertz CT molecular complexity index is 455. The van der Waals surface area contributed by atoms with E-state index in [9.17, 15) is 16.8 Å². The van der Waals surface area contributed by atoms with Crippen molar-refractivity contribution < 1.29 is 16.8 Å². The van der Waals surface area contributed by atoms with Crippen LogP contribution in [0.1, 0.15) is 13.3 Å². The molecule has 0 bridgehead atoms. The van der Waals surface area contributed by atoms with Crippen molar-refractivity contribution in [2.24, 2.45) is 5.73 Å². The monoisotopic (exact) mass is 285 g/mol. The summed E-state index contributed by atoms with van der Waals surface area (Å²) in [5, 5.41) is 7.09. The number of hydrogen-bond acceptors (Lipinski definition) is 5. The molecule has 0 aliphatic rings. The predicted molar refractivity (Wildman–Crippen MR) is 67.3 cm³/mol. The Morgan fingerprint density at radius 2 is 1.76 bits per heavy atom. The topological polar surface area (TPSA) is 121 Å². The highest BCUT2D eigenvalue weighted by Crippen LogP contribution is 2.04. The predicted octanol–water partition coefficient (Wildman–Crippen LogP) is -0.991. The van der Waals surface area contributed by atoms with Gasteiger partial charge in [-0.25, -0.2) is 16.8 Å². The summed E-state index contributed by atoms with van der Waals surface area (Å²) in [5.74, 6) is -1.16. The maximum absolute atomic E-state index is 11.8. The van der Waals surface area contributed by atoms with Crippen molar-refractivity contribution in [2.75, 3.05) is 30.9 Å². The van der Waals surface area contributed by atoms with E-state index in [2.05, 4.69) is 0 Å². The number of nitrogens with zero attached hydrogens (tertiary/aromatic N) is 1. The number of sulfonamides is 1. The van der Waals surface area contributed by atoms with Crippen molar-refractivity contribution in [3.8, 4) is 0 Å². The summed E-state index contributed by atoms with van der Waals surface area (Å²) in [6, 6.07) is 0. The normalized spacial score (nSPS) is 12.9. The Morgan fingerprint density at radius 3 is 2.12 bits per heavy atom. The number of nitrogens with two attached hydrogens (primary N) is 1. The van der Waals surface area contributed by atoms with E-state index in [1.807, 2.05) is 0 Å². The van der Waals surface area contributed by atoms with Gasteiger partial charge in [-0.2, -0.15) is 4.31 Å². The van der Waals surface area contributed by atoms with Gasteiger partial charge in [0.1, 0.15) is 15.7 Å². The van der Waals surface area contributed by atoms with Crippen molar-refractivity contribution in [2.45, 2.75) is 13.3 Å². The second kappa shape index (κ2) is 6.31. The first-order chi connectivity index (χ1) is 7.58. The minimum atomic E-state index is -3.68. The van der Waals surface area contributed by atoms with Gasteiger partial charge >= 0.3 is 0 Å². The first-order valence-corrected chi connectivity index (χ1v) is 8.74. The zero-order valence-electron chi connectivity index (χ0n) is 10.0. The van der Waals surface area contributed by atoms with Crippen LogP contribution in [0.15, 0.2) is 0 Å². The van der Waals surface area contributed by atoms with Gasteiger partial charge in [-0.15, -0.1) is 0 Å². The lowest BCUT2D eigenvalue weighted by atomic mass is 10.4. The molecule has 0 saturated heterocycles. The van der Waals surface area contributed by atoms with Gasteiger partial charge in [0.15, 0.2) is 0 Å². The van der Waals surface area contributed by atoms with E-state index in [-0.39, 0.29) is 18.9 Å². The van der Waals surface area contributed by atoms with Gasteiger partial charge in [0.2, 0.25) is 10.0 Å². The van der Waals surface area contributed by atoms with Gasteiger partial charge in [0, 0.05) is 12.8 Å². The summed E-state index contributed by atoms with van der Waals surface area (Å²) in [7, 11) is -7.00. The molecule has 0 saturated carbocycles. The molecule has 9 heteroatoms. The van der Waals surface area contributed by atoms with Crippen molar-refractivity contribution in [3.63, 3.8) is 0 Å². The van der Waals surface area contributed by atoms with E-state index in [1.165, 1.54) is 0 Å². The van der Waals surface area contributed by atoms with Crippen LogP contribution in [0.2, 0.25) is 0 Å². The molecule has 7 nitrogen and oxygen atoms in total. The van der Waals surface area contributed by atoms with Crippen molar-refractivity contribution in [1.29, 1.82) is 5.41 Å². The van der Waals surface area contributed by atoms with Crippen LogP contribution in [-0.2, 0) is 19.9 Å². The molecule has 3 N–H and O–H groups in total. The van der Waals surface area contributed by atoms with Gasteiger partial charge < -0.3 is 5.73 Å². The third kappa shape index (κ3) is 7.29. The average Bonchev–Trinajstić information content (AvgIpc) is 2.13. The molecule has 0 fully saturated rings. The van der Waals surface area contributed by atoms with Crippen LogP contribution in [-0.4, -0.2) is 57.8 Å². The van der Waals surface area contributed by atoms with Gasteiger partial charge in [-0.1, -0.05) is 6.92 Å². The van der Waals surface area contributed by atoms with E-state index in [1.54, 1.807) is 6.92 Å². The number of nitrogens with one attached hydrogen (secondary N) is 1. The van der Waals surface area contributed by atoms with Crippen molar-refractivity contribution >= 4 is 25.7 Å². The Balaban J connectivity index is 4.77. The highest BCUT2D eigenvalue weighted by Gasteiger charge is 2.23. The molecular formula is C8H19N3O4S2. The van der Waals surface area contributed by atoms with Gasteiger partial charge in [0.25, 0.3) is 0 Å². The SMILES string of the molecule is CCCN(CC(=N)N)S(=O)(=O)CCS(C)(=O)=O. The first kappa shape index (κ1) is 16.3. The largest absolute Gasteiger partial charge is 0.387 e. The molecule has 0 heterocycles. The lowest BCUT2D eigenvalue weighted by Crippen LogP contribution is -2.41. The summed E-state index contributed by atoms with van der Waals surface area (Å²) >= 11 is 0. The van der Waals surface area contributed by atoms with Crippen LogP contribution >= 0.6 is 0 Å². The second-order valence-corrected chi connectivity index (χ2v) is 8.15. The highest BCUT2D eigenvalue weighted by atomic mass is 32.2. The summed E-state index contributed by atoms with van der Waals surface area (Å²) in [6.07, 6.45) is 1.56. The molecule has 0 radical (unpaired) electrons. The van der Waals surface area contributed by atoms with Crippen LogP contribution in [0.5, 0.6) is 0 Å². The number of hydrogen-bond donors (Lipinski definition) is 2. The van der Waals surface area contributed by atoms with Crippen LogP contribution in [0, 0.1) is 5.41 Å². The third-order valence-electron chi connectivity index (χ3n) is 1.93. The standard InChI is InChI=1S/C8H19N3O4S2/c1-3-4-11(7-8(9)10)17(14,15)6-5-16(2,12)13/h3-7H2,1-2H3,(H3,9,10). The zero-order chi connectivity index (χ0) is 13.7. The molecule has 0 amide bonds. The first-order valence-electron chi connectivity index (χ1n) is 5.07. The molecule has 0 aromatic heterocycles. The smallest absolute Gasteiger partial charge is 0.215 e. The summed E-state index contributed by atoms with van der Waals surface area (Å²) in [4.78, 5) is 0. The Labute approximate surface area is 102 Å². The quantitative estimate of drug-likeness (QED) is 0.438. The molecule has 0 aliphatic heterocycles. The third-order valence-corrected chi connectivity index (χ3v) is 4.95. The van der Waals surface area contributed by atoms with Crippen LogP contribution < -0.4 is 5.73 Å². The van der Waals surface area contributed by atoms with Gasteiger partial charge in [-0.05, 0) is 6.42 Å². The van der Waals surface area contributed by atoms with E-state index in [0.717, 1.165) is 10.6 Å². The summed E-state index contributed by atoms with van der Waals surface area (Å²) in [6.45, 7) is 1.82. The van der Waals surface area contributed by atoms with Crippen molar-refractivity contribution in [1.82, 2.24) is 4.31 Å². The molecule has 0 aromatic rings. The fraction of sp³-hybridized carbons (Fsp3) is 0.875. The molecule has 0 atom stereocenters. The van der Waals surface area contributed by atoms with Gasteiger partial charge in [-0.3, -0.25) is 5.41 Å². The fourth-order valence-electron chi connectivity index (χ4n) is 1.14. The average molecular weight is 285 g/mol. The lowest BCUT2D eigenvalue weighted by Gasteiger charge is -2.20. The van der Waals surface area contributed by atoms with E-state index in [4.69, 9.17) is 11.1 Å². The number of sulfone groups is 1. The van der Waals surface area contributed by atoms with Gasteiger partial charge in [0.05, 0.1) is 18.1 Å². The van der Waals surface area contributed by atoms with E-state index < -0.39 is 31.4 Å². The maximum atomic E-state index is 11.8. The summed E-state index contributed by atoms with van der Waals surface area (Å²) < 4.78 is 46.5. The second-order valence-electron chi connectivity index (χ2n) is 3.80. The Kier molecular flexibility index (Phi) is 6.06. The maximum Gasteiger partial charge on any atom is 0.215 e. The minimum Gasteiger partial charge on any atom is -0.387 e. The van der Waals surface area contributed by atoms with Crippen LogP contribution in [0.4, 0.5) is 0 Å². The highest BCUT2D eigenvalue weighted by molar-refractivity contribution is 7.93.